The first-order valence-corrected chi connectivity index (χ1v) is 24.4. The van der Waals surface area contributed by atoms with Gasteiger partial charge in [0.15, 0.2) is 6.29 Å². The maximum Gasteiger partial charge on any atom is 0.306 e. The number of esters is 1. The molecule has 1 aliphatic heterocycles. The molecule has 1 fully saturated rings. The Balaban J connectivity index is 2.24. The zero-order chi connectivity index (χ0) is 43.6. The van der Waals surface area contributed by atoms with Crippen LogP contribution in [-0.2, 0) is 23.7 Å². The van der Waals surface area contributed by atoms with Crippen LogP contribution < -0.4 is 0 Å². The highest BCUT2D eigenvalue weighted by atomic mass is 16.7. The molecule has 0 radical (unpaired) electrons. The summed E-state index contributed by atoms with van der Waals surface area (Å²) >= 11 is 0. The monoisotopic (exact) mass is 847 g/mol. The molecule has 9 nitrogen and oxygen atoms in total. The Labute approximate surface area is 366 Å². The van der Waals surface area contributed by atoms with Gasteiger partial charge in [-0.3, -0.25) is 4.79 Å². The van der Waals surface area contributed by atoms with Crippen molar-refractivity contribution in [1.29, 1.82) is 0 Å². The third-order valence-corrected chi connectivity index (χ3v) is 10.9. The molecule has 1 aliphatic rings. The van der Waals surface area contributed by atoms with E-state index in [2.05, 4.69) is 74.6 Å². The lowest BCUT2D eigenvalue weighted by Gasteiger charge is -2.39. The summed E-state index contributed by atoms with van der Waals surface area (Å²) < 4.78 is 22.9. The van der Waals surface area contributed by atoms with Gasteiger partial charge >= 0.3 is 5.97 Å². The van der Waals surface area contributed by atoms with E-state index >= 15 is 0 Å². The molecule has 0 aromatic rings. The van der Waals surface area contributed by atoms with Crippen LogP contribution in [0, 0.1) is 0 Å². The van der Waals surface area contributed by atoms with E-state index in [-0.39, 0.29) is 19.2 Å². The quantitative estimate of drug-likeness (QED) is 0.0269. The molecule has 0 bridgehead atoms. The first kappa shape index (κ1) is 55.9. The van der Waals surface area contributed by atoms with E-state index in [4.69, 9.17) is 18.9 Å². The third-order valence-electron chi connectivity index (χ3n) is 10.9. The minimum atomic E-state index is -1.54. The van der Waals surface area contributed by atoms with Gasteiger partial charge in [-0.05, 0) is 57.8 Å². The van der Waals surface area contributed by atoms with Crippen molar-refractivity contribution in [3.8, 4) is 0 Å². The highest BCUT2D eigenvalue weighted by Crippen LogP contribution is 2.23. The van der Waals surface area contributed by atoms with E-state index in [0.717, 1.165) is 77.0 Å². The van der Waals surface area contributed by atoms with Gasteiger partial charge in [-0.2, -0.15) is 0 Å². The molecule has 9 heteroatoms. The average Bonchev–Trinajstić information content (AvgIpc) is 3.25. The van der Waals surface area contributed by atoms with E-state index < -0.39 is 43.4 Å². The van der Waals surface area contributed by atoms with Gasteiger partial charge in [0.1, 0.15) is 30.5 Å². The lowest BCUT2D eigenvalue weighted by Crippen LogP contribution is -2.59. The molecule has 0 aromatic heterocycles. The third kappa shape index (κ3) is 32.6. The minimum absolute atomic E-state index is 0.120. The van der Waals surface area contributed by atoms with Gasteiger partial charge in [0, 0.05) is 13.0 Å². The Morgan fingerprint density at radius 2 is 1.02 bits per heavy atom. The molecule has 1 saturated heterocycles. The van der Waals surface area contributed by atoms with Crippen LogP contribution in [0.25, 0.3) is 0 Å². The van der Waals surface area contributed by atoms with Crippen molar-refractivity contribution >= 4 is 5.97 Å². The van der Waals surface area contributed by atoms with Crippen LogP contribution in [-0.4, -0.2) is 89.6 Å². The predicted octanol–water partition coefficient (Wildman–Crippen LogP) is 11.5. The van der Waals surface area contributed by atoms with Gasteiger partial charge in [0.2, 0.25) is 0 Å². The summed E-state index contributed by atoms with van der Waals surface area (Å²) in [5.41, 5.74) is 0. The first-order chi connectivity index (χ1) is 29.4. The van der Waals surface area contributed by atoms with Crippen LogP contribution in [0.15, 0.2) is 60.8 Å². The molecule has 0 aromatic carbocycles. The van der Waals surface area contributed by atoms with Crippen molar-refractivity contribution in [3.63, 3.8) is 0 Å². The fraction of sp³-hybridized carbons (Fsp3) is 0.784. The number of rotatable bonds is 41. The molecule has 6 unspecified atom stereocenters. The Hall–Kier alpha value is -2.11. The van der Waals surface area contributed by atoms with Gasteiger partial charge in [0.05, 0.1) is 19.8 Å². The molecule has 0 saturated carbocycles. The number of carbonyl (C=O) groups excluding carboxylic acids is 1. The first-order valence-electron chi connectivity index (χ1n) is 24.4. The van der Waals surface area contributed by atoms with Gasteiger partial charge in [-0.25, -0.2) is 0 Å². The molecule has 4 N–H and O–H groups in total. The molecule has 348 valence electrons. The fourth-order valence-corrected chi connectivity index (χ4v) is 7.17. The van der Waals surface area contributed by atoms with E-state index in [0.29, 0.717) is 13.0 Å². The molecule has 1 heterocycles. The summed E-state index contributed by atoms with van der Waals surface area (Å²) in [6.45, 7) is 4.42. The predicted molar refractivity (Wildman–Crippen MR) is 247 cm³/mol. The standard InChI is InChI=1S/C51H90O9/c1-3-5-7-9-11-13-15-17-19-20-21-22-23-24-25-27-29-31-33-35-37-39-41-57-43-45(44-58-51-50(56)49(55)48(54)46(42-52)60-51)59-47(53)40-38-36-34-32-30-28-26-18-16-14-12-10-8-6-4-2/h5,7,11,13,17,19,21-22,24-25,45-46,48-52,54-56H,3-4,6,8-10,12,14-16,18,20,23,26-44H2,1-2H3/b7-5-,13-11-,19-17-,22-21-,25-24-. The zero-order valence-electron chi connectivity index (χ0n) is 38.2. The van der Waals surface area contributed by atoms with Crippen LogP contribution in [0.1, 0.15) is 194 Å². The maximum absolute atomic E-state index is 12.8. The summed E-state index contributed by atoms with van der Waals surface area (Å²) in [4.78, 5) is 12.8. The van der Waals surface area contributed by atoms with Crippen LogP contribution in [0.4, 0.5) is 0 Å². The lowest BCUT2D eigenvalue weighted by molar-refractivity contribution is -0.305. The summed E-state index contributed by atoms with van der Waals surface area (Å²) in [5.74, 6) is -0.319. The molecule has 0 amide bonds. The minimum Gasteiger partial charge on any atom is -0.457 e. The normalized spacial score (nSPS) is 20.5. The molecular formula is C51H90O9. The Morgan fingerprint density at radius 1 is 0.550 bits per heavy atom. The molecular weight excluding hydrogens is 757 g/mol. The number of allylic oxidation sites excluding steroid dienone is 10. The van der Waals surface area contributed by atoms with E-state index in [1.807, 2.05) is 0 Å². The average molecular weight is 847 g/mol. The van der Waals surface area contributed by atoms with Gasteiger partial charge in [-0.15, -0.1) is 0 Å². The van der Waals surface area contributed by atoms with Crippen LogP contribution in [0.3, 0.4) is 0 Å². The second kappa shape index (κ2) is 42.2. The van der Waals surface area contributed by atoms with Crippen molar-refractivity contribution in [2.24, 2.45) is 0 Å². The van der Waals surface area contributed by atoms with Crippen molar-refractivity contribution < 1.29 is 44.2 Å². The van der Waals surface area contributed by atoms with E-state index in [1.54, 1.807) is 0 Å². The Kier molecular flexibility index (Phi) is 39.3. The Morgan fingerprint density at radius 3 is 1.53 bits per heavy atom. The molecule has 0 aliphatic carbocycles. The second-order valence-corrected chi connectivity index (χ2v) is 16.5. The number of ether oxygens (including phenoxy) is 4. The molecule has 0 spiro atoms. The zero-order valence-corrected chi connectivity index (χ0v) is 38.2. The van der Waals surface area contributed by atoms with Crippen molar-refractivity contribution in [2.45, 2.75) is 230 Å². The number of aliphatic hydroxyl groups excluding tert-OH is 4. The van der Waals surface area contributed by atoms with Crippen molar-refractivity contribution in [2.75, 3.05) is 26.4 Å². The SMILES string of the molecule is CC/C=C\C/C=C\C/C=C\C/C=C\C/C=C\CCCCCCCCOCC(COC1OC(CO)C(O)C(O)C1O)OC(=O)CCCCCCCCCCCCCCCCC. The Bertz CT molecular complexity index is 1100. The number of aliphatic hydroxyl groups is 4. The van der Waals surface area contributed by atoms with Crippen LogP contribution in [0.2, 0.25) is 0 Å². The fourth-order valence-electron chi connectivity index (χ4n) is 7.17. The van der Waals surface area contributed by atoms with Crippen LogP contribution in [0.5, 0.6) is 0 Å². The number of carbonyl (C=O) groups is 1. The molecule has 6 atom stereocenters. The van der Waals surface area contributed by atoms with Crippen molar-refractivity contribution in [1.82, 2.24) is 0 Å². The number of hydrogen-bond donors (Lipinski definition) is 4. The number of unbranched alkanes of at least 4 members (excludes halogenated alkanes) is 20. The maximum atomic E-state index is 12.8. The highest BCUT2D eigenvalue weighted by molar-refractivity contribution is 5.69. The van der Waals surface area contributed by atoms with E-state index in [1.165, 1.54) is 96.3 Å². The summed E-state index contributed by atoms with van der Waals surface area (Å²) in [6.07, 6.45) is 46.7. The molecule has 1 rings (SSSR count). The van der Waals surface area contributed by atoms with Crippen molar-refractivity contribution in [3.05, 3.63) is 60.8 Å². The second-order valence-electron chi connectivity index (χ2n) is 16.5. The molecule has 60 heavy (non-hydrogen) atoms. The number of hydrogen-bond acceptors (Lipinski definition) is 9. The smallest absolute Gasteiger partial charge is 0.306 e. The van der Waals surface area contributed by atoms with Gasteiger partial charge in [0.25, 0.3) is 0 Å². The van der Waals surface area contributed by atoms with Crippen LogP contribution >= 0.6 is 0 Å². The van der Waals surface area contributed by atoms with Gasteiger partial charge in [-0.1, -0.05) is 190 Å². The van der Waals surface area contributed by atoms with Gasteiger partial charge < -0.3 is 39.4 Å². The van der Waals surface area contributed by atoms with E-state index in [9.17, 15) is 25.2 Å². The highest BCUT2D eigenvalue weighted by Gasteiger charge is 2.44. The summed E-state index contributed by atoms with van der Waals surface area (Å²) in [7, 11) is 0. The summed E-state index contributed by atoms with van der Waals surface area (Å²) in [6, 6.07) is 0. The summed E-state index contributed by atoms with van der Waals surface area (Å²) in [5, 5.41) is 40.2. The topological polar surface area (TPSA) is 135 Å². The largest absolute Gasteiger partial charge is 0.457 e. The lowest BCUT2D eigenvalue weighted by atomic mass is 9.99.